The number of carbonyl (C=O) groups excluding carboxylic acids is 2. The zero-order valence-electron chi connectivity index (χ0n) is 12.9. The van der Waals surface area contributed by atoms with Crippen LogP contribution >= 0.6 is 0 Å². The van der Waals surface area contributed by atoms with Crippen molar-refractivity contribution >= 4 is 11.8 Å². The Morgan fingerprint density at radius 3 is 2.91 bits per heavy atom. The molecule has 1 aromatic rings. The second-order valence-corrected chi connectivity index (χ2v) is 5.55. The van der Waals surface area contributed by atoms with Gasteiger partial charge in [-0.3, -0.25) is 14.6 Å². The van der Waals surface area contributed by atoms with Gasteiger partial charge >= 0.3 is 0 Å². The smallest absolute Gasteiger partial charge is 0.242 e. The van der Waals surface area contributed by atoms with Crippen molar-refractivity contribution in [1.82, 2.24) is 14.8 Å². The third-order valence-electron chi connectivity index (χ3n) is 4.02. The van der Waals surface area contributed by atoms with Crippen LogP contribution in [0.25, 0.3) is 0 Å². The summed E-state index contributed by atoms with van der Waals surface area (Å²) in [5.41, 5.74) is 0.912. The van der Waals surface area contributed by atoms with E-state index in [2.05, 4.69) is 4.98 Å². The SMILES string of the molecule is CCC(CO)N(Cc1cccnc1)C(=O)CN1CCCC1=O. The Morgan fingerprint density at radius 1 is 1.55 bits per heavy atom. The first-order valence-corrected chi connectivity index (χ1v) is 7.72. The summed E-state index contributed by atoms with van der Waals surface area (Å²) in [7, 11) is 0. The molecule has 1 unspecified atom stereocenters. The van der Waals surface area contributed by atoms with E-state index in [4.69, 9.17) is 0 Å². The molecule has 120 valence electrons. The maximum Gasteiger partial charge on any atom is 0.242 e. The number of pyridine rings is 1. The van der Waals surface area contributed by atoms with Crippen molar-refractivity contribution < 1.29 is 14.7 Å². The predicted octanol–water partition coefficient (Wildman–Crippen LogP) is 0.803. The molecule has 0 saturated carbocycles. The van der Waals surface area contributed by atoms with Crippen LogP contribution in [0.5, 0.6) is 0 Å². The third-order valence-corrected chi connectivity index (χ3v) is 4.02. The Kier molecular flexibility index (Phi) is 5.89. The van der Waals surface area contributed by atoms with Crippen LogP contribution in [0.15, 0.2) is 24.5 Å². The Labute approximate surface area is 130 Å². The topological polar surface area (TPSA) is 73.7 Å². The highest BCUT2D eigenvalue weighted by molar-refractivity contribution is 5.86. The van der Waals surface area contributed by atoms with Gasteiger partial charge in [-0.05, 0) is 24.5 Å². The molecule has 6 heteroatoms. The lowest BCUT2D eigenvalue weighted by molar-refractivity contribution is -0.141. The van der Waals surface area contributed by atoms with Gasteiger partial charge in [0, 0.05) is 31.9 Å². The number of aromatic nitrogens is 1. The van der Waals surface area contributed by atoms with Crippen molar-refractivity contribution in [2.45, 2.75) is 38.8 Å². The zero-order valence-corrected chi connectivity index (χ0v) is 12.9. The molecule has 0 spiro atoms. The van der Waals surface area contributed by atoms with Crippen molar-refractivity contribution in [2.24, 2.45) is 0 Å². The Balaban J connectivity index is 2.09. The van der Waals surface area contributed by atoms with Crippen molar-refractivity contribution in [3.63, 3.8) is 0 Å². The highest BCUT2D eigenvalue weighted by Crippen LogP contribution is 2.14. The molecule has 22 heavy (non-hydrogen) atoms. The lowest BCUT2D eigenvalue weighted by Crippen LogP contribution is -2.46. The molecule has 1 aliphatic heterocycles. The molecule has 1 saturated heterocycles. The van der Waals surface area contributed by atoms with E-state index in [0.717, 1.165) is 12.0 Å². The highest BCUT2D eigenvalue weighted by Gasteiger charge is 2.27. The number of hydrogen-bond acceptors (Lipinski definition) is 4. The predicted molar refractivity (Wildman–Crippen MR) is 81.8 cm³/mol. The molecular formula is C16H23N3O3. The summed E-state index contributed by atoms with van der Waals surface area (Å²) in [6.45, 7) is 2.98. The summed E-state index contributed by atoms with van der Waals surface area (Å²) >= 11 is 0. The minimum absolute atomic E-state index is 0.0340. The van der Waals surface area contributed by atoms with Crippen molar-refractivity contribution in [3.05, 3.63) is 30.1 Å². The summed E-state index contributed by atoms with van der Waals surface area (Å²) in [6.07, 6.45) is 5.39. The van der Waals surface area contributed by atoms with Gasteiger partial charge in [-0.25, -0.2) is 0 Å². The minimum atomic E-state index is -0.245. The average molecular weight is 305 g/mol. The lowest BCUT2D eigenvalue weighted by Gasteiger charge is -2.31. The van der Waals surface area contributed by atoms with Crippen molar-refractivity contribution in [2.75, 3.05) is 19.7 Å². The molecule has 0 bridgehead atoms. The number of carbonyl (C=O) groups is 2. The third kappa shape index (κ3) is 4.04. The standard InChI is InChI=1S/C16H23N3O3/c1-2-14(12-20)19(10-13-5-3-7-17-9-13)16(22)11-18-8-4-6-15(18)21/h3,5,7,9,14,20H,2,4,6,8,10-12H2,1H3. The number of rotatable bonds is 7. The van der Waals surface area contributed by atoms with Crippen LogP contribution in [-0.4, -0.2) is 57.4 Å². The van der Waals surface area contributed by atoms with Gasteiger partial charge in [-0.15, -0.1) is 0 Å². The van der Waals surface area contributed by atoms with E-state index >= 15 is 0 Å². The van der Waals surface area contributed by atoms with Crippen LogP contribution in [0.3, 0.4) is 0 Å². The number of nitrogens with zero attached hydrogens (tertiary/aromatic N) is 3. The number of amides is 2. The highest BCUT2D eigenvalue weighted by atomic mass is 16.3. The van der Waals surface area contributed by atoms with E-state index in [1.54, 1.807) is 22.2 Å². The number of aliphatic hydroxyl groups is 1. The minimum Gasteiger partial charge on any atom is -0.394 e. The van der Waals surface area contributed by atoms with Gasteiger partial charge in [0.1, 0.15) is 0 Å². The van der Waals surface area contributed by atoms with Gasteiger partial charge in [0.25, 0.3) is 0 Å². The number of aliphatic hydroxyl groups excluding tert-OH is 1. The molecule has 1 aliphatic rings. The fraction of sp³-hybridized carbons (Fsp3) is 0.562. The van der Waals surface area contributed by atoms with Crippen molar-refractivity contribution in [1.29, 1.82) is 0 Å². The van der Waals surface area contributed by atoms with E-state index in [-0.39, 0.29) is 31.0 Å². The second kappa shape index (κ2) is 7.89. The largest absolute Gasteiger partial charge is 0.394 e. The average Bonchev–Trinajstić information content (AvgIpc) is 2.93. The van der Waals surface area contributed by atoms with Gasteiger partial charge in [-0.1, -0.05) is 13.0 Å². The van der Waals surface area contributed by atoms with Crippen LogP contribution in [0.4, 0.5) is 0 Å². The van der Waals surface area contributed by atoms with E-state index < -0.39 is 0 Å². The fourth-order valence-electron chi connectivity index (χ4n) is 2.68. The number of likely N-dealkylation sites (tertiary alicyclic amines) is 1. The normalized spacial score (nSPS) is 15.9. The molecule has 1 N–H and O–H groups in total. The first-order valence-electron chi connectivity index (χ1n) is 7.72. The maximum absolute atomic E-state index is 12.6. The Morgan fingerprint density at radius 2 is 2.36 bits per heavy atom. The first-order chi connectivity index (χ1) is 10.7. The molecule has 0 aromatic carbocycles. The van der Waals surface area contributed by atoms with E-state index in [1.807, 2.05) is 19.1 Å². The summed E-state index contributed by atoms with van der Waals surface area (Å²) in [6, 6.07) is 3.48. The van der Waals surface area contributed by atoms with Crippen LogP contribution in [0.1, 0.15) is 31.7 Å². The molecule has 0 radical (unpaired) electrons. The zero-order chi connectivity index (χ0) is 15.9. The van der Waals surface area contributed by atoms with Crippen LogP contribution < -0.4 is 0 Å². The van der Waals surface area contributed by atoms with E-state index in [1.165, 1.54) is 0 Å². The number of hydrogen-bond donors (Lipinski definition) is 1. The molecule has 6 nitrogen and oxygen atoms in total. The Bertz CT molecular complexity index is 503. The maximum atomic E-state index is 12.6. The molecule has 1 aromatic heterocycles. The fourth-order valence-corrected chi connectivity index (χ4v) is 2.68. The van der Waals surface area contributed by atoms with Crippen LogP contribution in [-0.2, 0) is 16.1 Å². The molecule has 1 fully saturated rings. The van der Waals surface area contributed by atoms with Gasteiger partial charge in [0.05, 0.1) is 19.2 Å². The molecular weight excluding hydrogens is 282 g/mol. The summed E-state index contributed by atoms with van der Waals surface area (Å²) in [5, 5.41) is 9.55. The molecule has 2 amide bonds. The molecule has 1 atom stereocenters. The van der Waals surface area contributed by atoms with Gasteiger partial charge in [0.2, 0.25) is 11.8 Å². The molecule has 0 aliphatic carbocycles. The van der Waals surface area contributed by atoms with Gasteiger partial charge < -0.3 is 14.9 Å². The summed E-state index contributed by atoms with van der Waals surface area (Å²) in [5.74, 6) is -0.0910. The van der Waals surface area contributed by atoms with E-state index in [0.29, 0.717) is 25.9 Å². The first kappa shape index (κ1) is 16.4. The van der Waals surface area contributed by atoms with Crippen molar-refractivity contribution in [3.8, 4) is 0 Å². The monoisotopic (exact) mass is 305 g/mol. The van der Waals surface area contributed by atoms with Crippen LogP contribution in [0.2, 0.25) is 0 Å². The van der Waals surface area contributed by atoms with Gasteiger partial charge in [-0.2, -0.15) is 0 Å². The summed E-state index contributed by atoms with van der Waals surface area (Å²) < 4.78 is 0. The molecule has 2 heterocycles. The van der Waals surface area contributed by atoms with E-state index in [9.17, 15) is 14.7 Å². The lowest BCUT2D eigenvalue weighted by atomic mass is 10.1. The molecule has 2 rings (SSSR count). The second-order valence-electron chi connectivity index (χ2n) is 5.55. The van der Waals surface area contributed by atoms with Crippen LogP contribution in [0, 0.1) is 0 Å². The summed E-state index contributed by atoms with van der Waals surface area (Å²) in [4.78, 5) is 31.6. The van der Waals surface area contributed by atoms with Gasteiger partial charge in [0.15, 0.2) is 0 Å². The Hall–Kier alpha value is -1.95. The quantitative estimate of drug-likeness (QED) is 0.809.